The van der Waals surface area contributed by atoms with E-state index in [9.17, 15) is 4.79 Å². The molecule has 1 heterocycles. The summed E-state index contributed by atoms with van der Waals surface area (Å²) in [5, 5.41) is 14.8. The molecule has 1 aromatic heterocycles. The highest BCUT2D eigenvalue weighted by Gasteiger charge is 2.13. The van der Waals surface area contributed by atoms with E-state index in [0.29, 0.717) is 41.2 Å². The second kappa shape index (κ2) is 11.8. The fraction of sp³-hybridized carbons (Fsp3) is 0.308. The van der Waals surface area contributed by atoms with Crippen molar-refractivity contribution < 1.29 is 4.79 Å². The van der Waals surface area contributed by atoms with E-state index in [0.717, 1.165) is 37.3 Å². The van der Waals surface area contributed by atoms with Gasteiger partial charge in [-0.15, -0.1) is 0 Å². The Labute approximate surface area is 199 Å². The van der Waals surface area contributed by atoms with Gasteiger partial charge in [0.05, 0.1) is 5.52 Å². The number of hydrogen-bond donors (Lipinski definition) is 4. The number of nitrogens with zero attached hydrogens (tertiary/aromatic N) is 1. The Bertz CT molecular complexity index is 1070. The van der Waals surface area contributed by atoms with Crippen LogP contribution in [0.25, 0.3) is 10.9 Å². The predicted octanol–water partition coefficient (Wildman–Crippen LogP) is 3.69. The minimum Gasteiger partial charge on any atom is -0.383 e. The van der Waals surface area contributed by atoms with Gasteiger partial charge < -0.3 is 21.3 Å². The molecule has 0 spiro atoms. The first-order chi connectivity index (χ1) is 16.2. The molecule has 0 saturated heterocycles. The molecule has 2 aliphatic carbocycles. The van der Waals surface area contributed by atoms with Gasteiger partial charge in [-0.05, 0) is 24.3 Å². The number of nitrogens with one attached hydrogen (secondary N) is 4. The maximum absolute atomic E-state index is 12.8. The molecule has 2 aromatic rings. The van der Waals surface area contributed by atoms with Gasteiger partial charge in [0.15, 0.2) is 0 Å². The summed E-state index contributed by atoms with van der Waals surface area (Å²) >= 11 is 6.18. The zero-order valence-electron chi connectivity index (χ0n) is 18.6. The van der Waals surface area contributed by atoms with E-state index in [4.69, 9.17) is 11.6 Å². The summed E-state index contributed by atoms with van der Waals surface area (Å²) in [6.45, 7) is 4.56. The number of aromatic nitrogens is 1. The molecule has 0 aliphatic heterocycles. The average molecular weight is 464 g/mol. The molecule has 4 N–H and O–H groups in total. The van der Waals surface area contributed by atoms with Crippen LogP contribution in [0.1, 0.15) is 10.5 Å². The minimum atomic E-state index is -0.194. The molecule has 2 aliphatic rings. The summed E-state index contributed by atoms with van der Waals surface area (Å²) in [5.41, 5.74) is 1.95. The standard InChI is InChI=1S/C26H30ClN5O/c27-21-9-10-22-23(30-13-11-28-17-19-5-1-2-6-19)16-25(32-24(22)15-21)26(33)31-14-12-29-18-20-7-3-4-8-20/h1-10,15-16,19-20,28-29H,11-14,17-18H2,(H,30,32)(H,31,33). The predicted molar refractivity (Wildman–Crippen MR) is 137 cm³/mol. The first-order valence-corrected chi connectivity index (χ1v) is 11.8. The van der Waals surface area contributed by atoms with E-state index in [1.165, 1.54) is 0 Å². The van der Waals surface area contributed by atoms with Crippen molar-refractivity contribution in [2.75, 3.05) is 44.6 Å². The summed E-state index contributed by atoms with van der Waals surface area (Å²) < 4.78 is 0. The van der Waals surface area contributed by atoms with Crippen molar-refractivity contribution >= 4 is 34.1 Å². The Morgan fingerprint density at radius 3 is 2.15 bits per heavy atom. The normalized spacial score (nSPS) is 15.2. The molecule has 4 rings (SSSR count). The highest BCUT2D eigenvalue weighted by molar-refractivity contribution is 6.31. The number of hydrogen-bond acceptors (Lipinski definition) is 5. The molecule has 0 bridgehead atoms. The highest BCUT2D eigenvalue weighted by atomic mass is 35.5. The summed E-state index contributed by atoms with van der Waals surface area (Å²) in [6.07, 6.45) is 16.9. The maximum atomic E-state index is 12.8. The van der Waals surface area contributed by atoms with Crippen molar-refractivity contribution in [2.45, 2.75) is 0 Å². The first kappa shape index (κ1) is 23.2. The fourth-order valence-electron chi connectivity index (χ4n) is 3.87. The van der Waals surface area contributed by atoms with Crippen LogP contribution in [-0.4, -0.2) is 50.2 Å². The monoisotopic (exact) mass is 463 g/mol. The molecular formula is C26H30ClN5O. The second-order valence-corrected chi connectivity index (χ2v) is 8.61. The first-order valence-electron chi connectivity index (χ1n) is 11.4. The Morgan fingerprint density at radius 2 is 1.48 bits per heavy atom. The number of halogens is 1. The summed E-state index contributed by atoms with van der Waals surface area (Å²) in [5.74, 6) is 0.701. The van der Waals surface area contributed by atoms with Gasteiger partial charge in [-0.25, -0.2) is 4.98 Å². The molecule has 1 aromatic carbocycles. The summed E-state index contributed by atoms with van der Waals surface area (Å²) in [7, 11) is 0. The third-order valence-corrected chi connectivity index (χ3v) is 5.86. The smallest absolute Gasteiger partial charge is 0.270 e. The molecule has 0 saturated carbocycles. The molecule has 0 unspecified atom stereocenters. The largest absolute Gasteiger partial charge is 0.383 e. The van der Waals surface area contributed by atoms with Crippen LogP contribution in [-0.2, 0) is 0 Å². The van der Waals surface area contributed by atoms with E-state index in [1.807, 2.05) is 18.2 Å². The number of rotatable bonds is 12. The molecular weight excluding hydrogens is 434 g/mol. The number of fused-ring (bicyclic) bond motifs is 1. The van der Waals surface area contributed by atoms with Crippen LogP contribution in [0, 0.1) is 11.8 Å². The third-order valence-electron chi connectivity index (χ3n) is 5.62. The van der Waals surface area contributed by atoms with Gasteiger partial charge in [0, 0.05) is 67.2 Å². The lowest BCUT2D eigenvalue weighted by Gasteiger charge is -2.14. The van der Waals surface area contributed by atoms with E-state index in [1.54, 1.807) is 6.07 Å². The van der Waals surface area contributed by atoms with Crippen LogP contribution in [0.4, 0.5) is 5.69 Å². The van der Waals surface area contributed by atoms with Crippen molar-refractivity contribution in [1.29, 1.82) is 0 Å². The Morgan fingerprint density at radius 1 is 0.848 bits per heavy atom. The van der Waals surface area contributed by atoms with E-state index < -0.39 is 0 Å². The number of amides is 1. The van der Waals surface area contributed by atoms with E-state index in [-0.39, 0.29) is 5.91 Å². The Kier molecular flexibility index (Phi) is 8.30. The Hall–Kier alpha value is -2.93. The van der Waals surface area contributed by atoms with Crippen LogP contribution < -0.4 is 21.3 Å². The molecule has 33 heavy (non-hydrogen) atoms. The van der Waals surface area contributed by atoms with Crippen LogP contribution in [0.15, 0.2) is 72.9 Å². The average Bonchev–Trinajstić information content (AvgIpc) is 3.52. The van der Waals surface area contributed by atoms with Gasteiger partial charge in [0.25, 0.3) is 5.91 Å². The van der Waals surface area contributed by atoms with Crippen LogP contribution in [0.2, 0.25) is 5.02 Å². The SMILES string of the molecule is O=C(NCCNCC1C=CC=C1)c1cc(NCCNCC2C=CC=C2)c2ccc(Cl)cc2n1. The van der Waals surface area contributed by atoms with Gasteiger partial charge >= 0.3 is 0 Å². The topological polar surface area (TPSA) is 78.1 Å². The molecule has 1 amide bonds. The Balaban J connectivity index is 1.31. The lowest BCUT2D eigenvalue weighted by Crippen LogP contribution is -2.33. The van der Waals surface area contributed by atoms with Gasteiger partial charge in [-0.1, -0.05) is 60.2 Å². The zero-order chi connectivity index (χ0) is 22.9. The van der Waals surface area contributed by atoms with Crippen molar-refractivity contribution in [3.05, 3.63) is 83.6 Å². The lowest BCUT2D eigenvalue weighted by molar-refractivity contribution is 0.0949. The van der Waals surface area contributed by atoms with Gasteiger partial charge in [0.1, 0.15) is 5.69 Å². The minimum absolute atomic E-state index is 0.194. The third kappa shape index (κ3) is 6.78. The number of carbonyl (C=O) groups is 1. The molecule has 0 radical (unpaired) electrons. The highest BCUT2D eigenvalue weighted by Crippen LogP contribution is 2.26. The fourth-order valence-corrected chi connectivity index (χ4v) is 4.04. The summed E-state index contributed by atoms with van der Waals surface area (Å²) in [4.78, 5) is 17.3. The number of allylic oxidation sites excluding steroid dienone is 4. The van der Waals surface area contributed by atoms with Crippen molar-refractivity contribution in [2.24, 2.45) is 11.8 Å². The lowest BCUT2D eigenvalue weighted by atomic mass is 10.1. The van der Waals surface area contributed by atoms with Crippen LogP contribution in [0.5, 0.6) is 0 Å². The van der Waals surface area contributed by atoms with Gasteiger partial charge in [-0.2, -0.15) is 0 Å². The number of carbonyl (C=O) groups excluding carboxylic acids is 1. The van der Waals surface area contributed by atoms with Crippen molar-refractivity contribution in [1.82, 2.24) is 20.9 Å². The number of anilines is 1. The quantitative estimate of drug-likeness (QED) is 0.361. The second-order valence-electron chi connectivity index (χ2n) is 8.17. The zero-order valence-corrected chi connectivity index (χ0v) is 19.3. The van der Waals surface area contributed by atoms with Crippen molar-refractivity contribution in [3.8, 4) is 0 Å². The molecule has 7 heteroatoms. The molecule has 0 atom stereocenters. The maximum Gasteiger partial charge on any atom is 0.270 e. The number of benzene rings is 1. The van der Waals surface area contributed by atoms with Gasteiger partial charge in [-0.3, -0.25) is 4.79 Å². The van der Waals surface area contributed by atoms with E-state index in [2.05, 4.69) is 74.9 Å². The summed E-state index contributed by atoms with van der Waals surface area (Å²) in [6, 6.07) is 7.38. The molecule has 6 nitrogen and oxygen atoms in total. The van der Waals surface area contributed by atoms with Crippen LogP contribution >= 0.6 is 11.6 Å². The molecule has 172 valence electrons. The van der Waals surface area contributed by atoms with Crippen molar-refractivity contribution in [3.63, 3.8) is 0 Å². The molecule has 0 fully saturated rings. The number of pyridine rings is 1. The van der Waals surface area contributed by atoms with Gasteiger partial charge in [0.2, 0.25) is 0 Å². The van der Waals surface area contributed by atoms with E-state index >= 15 is 0 Å². The van der Waals surface area contributed by atoms with Crippen LogP contribution in [0.3, 0.4) is 0 Å².